The number of hydrogen-bond donors (Lipinski definition) is 0. The van der Waals surface area contributed by atoms with Crippen LogP contribution in [0.3, 0.4) is 0 Å². The van der Waals surface area contributed by atoms with Crippen molar-refractivity contribution < 1.29 is 0 Å². The van der Waals surface area contributed by atoms with Gasteiger partial charge in [-0.05, 0) is 45.3 Å². The number of benzene rings is 4. The Morgan fingerprint density at radius 1 is 0.769 bits per heavy atom. The predicted molar refractivity (Wildman–Crippen MR) is 108 cm³/mol. The lowest BCUT2D eigenvalue weighted by atomic mass is 9.97. The van der Waals surface area contributed by atoms with E-state index < -0.39 is 0 Å². The Hall–Kier alpha value is -3.46. The molecule has 0 unspecified atom stereocenters. The first-order chi connectivity index (χ1) is 12.9. The van der Waals surface area contributed by atoms with E-state index in [1.54, 1.807) is 0 Å². The van der Waals surface area contributed by atoms with Crippen molar-refractivity contribution in [2.75, 3.05) is 0 Å². The summed E-state index contributed by atoms with van der Waals surface area (Å²) < 4.78 is 1.93. The van der Waals surface area contributed by atoms with Crippen LogP contribution in [0.5, 0.6) is 0 Å². The lowest BCUT2D eigenvalue weighted by Crippen LogP contribution is -1.97. The number of rotatable bonds is 3. The minimum Gasteiger partial charge on any atom is -0.241 e. The van der Waals surface area contributed by atoms with Crippen LogP contribution in [0.15, 0.2) is 84.9 Å². The van der Waals surface area contributed by atoms with Gasteiger partial charge in [-0.2, -0.15) is 0 Å². The average molecular weight is 335 g/mol. The first kappa shape index (κ1) is 14.8. The molecule has 0 saturated carbocycles. The molecule has 0 aliphatic heterocycles. The maximum Gasteiger partial charge on any atom is 0.113 e. The molecule has 0 bridgehead atoms. The topological polar surface area (TPSA) is 30.7 Å². The zero-order valence-corrected chi connectivity index (χ0v) is 14.2. The fourth-order valence-corrected chi connectivity index (χ4v) is 3.55. The van der Waals surface area contributed by atoms with Crippen molar-refractivity contribution in [3.05, 3.63) is 90.5 Å². The van der Waals surface area contributed by atoms with E-state index >= 15 is 0 Å². The molecule has 5 aromatic rings. The highest BCUT2D eigenvalue weighted by Gasteiger charge is 2.04. The molecule has 0 saturated heterocycles. The third-order valence-corrected chi connectivity index (χ3v) is 4.80. The standard InChI is InChI=1S/C23H17N3/c1-2-10-19-17(8-1)16-18(20-11-3-4-12-21(19)20)9-7-15-26-23-14-6-5-13-22(23)24-25-26/h1-14,16H,15H2. The molecule has 3 heteroatoms. The SMILES string of the molecule is C(=Cc1cc2ccccc2c2ccccc12)Cn1nnc2ccccc21. The molecule has 0 N–H and O–H groups in total. The van der Waals surface area contributed by atoms with Crippen molar-refractivity contribution in [2.24, 2.45) is 0 Å². The van der Waals surface area contributed by atoms with Gasteiger partial charge < -0.3 is 0 Å². The van der Waals surface area contributed by atoms with E-state index in [2.05, 4.69) is 83.1 Å². The second kappa shape index (κ2) is 6.12. The number of nitrogens with zero attached hydrogens (tertiary/aromatic N) is 3. The molecule has 1 heterocycles. The minimum absolute atomic E-state index is 0.696. The van der Waals surface area contributed by atoms with E-state index in [0.29, 0.717) is 6.54 Å². The summed E-state index contributed by atoms with van der Waals surface area (Å²) in [6.07, 6.45) is 4.34. The Labute approximate surface area is 151 Å². The quantitative estimate of drug-likeness (QED) is 0.410. The summed E-state index contributed by atoms with van der Waals surface area (Å²) in [6, 6.07) is 27.4. The van der Waals surface area contributed by atoms with Gasteiger partial charge >= 0.3 is 0 Å². The highest BCUT2D eigenvalue weighted by atomic mass is 15.4. The lowest BCUT2D eigenvalue weighted by Gasteiger charge is -2.07. The summed E-state index contributed by atoms with van der Waals surface area (Å²) in [7, 11) is 0. The third-order valence-electron chi connectivity index (χ3n) is 4.80. The third kappa shape index (κ3) is 2.45. The van der Waals surface area contributed by atoms with E-state index in [-0.39, 0.29) is 0 Å². The summed E-state index contributed by atoms with van der Waals surface area (Å²) in [4.78, 5) is 0. The number of fused-ring (bicyclic) bond motifs is 4. The van der Waals surface area contributed by atoms with Gasteiger partial charge in [-0.1, -0.05) is 78.0 Å². The largest absolute Gasteiger partial charge is 0.241 e. The van der Waals surface area contributed by atoms with Crippen molar-refractivity contribution in [2.45, 2.75) is 6.54 Å². The van der Waals surface area contributed by atoms with Crippen LogP contribution in [0.2, 0.25) is 0 Å². The van der Waals surface area contributed by atoms with Gasteiger partial charge in [0.25, 0.3) is 0 Å². The fourth-order valence-electron chi connectivity index (χ4n) is 3.55. The van der Waals surface area contributed by atoms with Crippen LogP contribution >= 0.6 is 0 Å². The molecular formula is C23H17N3. The predicted octanol–water partition coefficient (Wildman–Crippen LogP) is 5.45. The molecule has 4 aromatic carbocycles. The molecule has 0 fully saturated rings. The van der Waals surface area contributed by atoms with Gasteiger partial charge in [0.05, 0.1) is 12.1 Å². The fraction of sp³-hybridized carbons (Fsp3) is 0.0435. The van der Waals surface area contributed by atoms with Crippen molar-refractivity contribution in [3.63, 3.8) is 0 Å². The molecule has 3 nitrogen and oxygen atoms in total. The molecule has 0 spiro atoms. The number of para-hydroxylation sites is 1. The molecule has 0 atom stereocenters. The second-order valence-electron chi connectivity index (χ2n) is 6.40. The van der Waals surface area contributed by atoms with Crippen LogP contribution in [-0.4, -0.2) is 15.0 Å². The maximum absolute atomic E-state index is 4.25. The Morgan fingerprint density at radius 2 is 1.50 bits per heavy atom. The number of aromatic nitrogens is 3. The van der Waals surface area contributed by atoms with Gasteiger partial charge in [0.15, 0.2) is 0 Å². The van der Waals surface area contributed by atoms with Crippen LogP contribution in [-0.2, 0) is 6.54 Å². The zero-order chi connectivity index (χ0) is 17.3. The highest BCUT2D eigenvalue weighted by Crippen LogP contribution is 2.29. The smallest absolute Gasteiger partial charge is 0.113 e. The molecule has 26 heavy (non-hydrogen) atoms. The van der Waals surface area contributed by atoms with Crippen molar-refractivity contribution in [1.82, 2.24) is 15.0 Å². The van der Waals surface area contributed by atoms with Crippen LogP contribution in [0.25, 0.3) is 38.7 Å². The second-order valence-corrected chi connectivity index (χ2v) is 6.40. The molecule has 0 amide bonds. The molecule has 0 aliphatic rings. The summed E-state index contributed by atoms with van der Waals surface area (Å²) in [5, 5.41) is 13.6. The molecule has 124 valence electrons. The van der Waals surface area contributed by atoms with Gasteiger partial charge in [0.1, 0.15) is 5.52 Å². The highest BCUT2D eigenvalue weighted by molar-refractivity contribution is 6.10. The first-order valence-electron chi connectivity index (χ1n) is 8.75. The number of allylic oxidation sites excluding steroid dienone is 1. The van der Waals surface area contributed by atoms with E-state index in [1.165, 1.54) is 27.1 Å². The average Bonchev–Trinajstić information content (AvgIpc) is 3.11. The van der Waals surface area contributed by atoms with Gasteiger partial charge in [0.2, 0.25) is 0 Å². The van der Waals surface area contributed by atoms with Gasteiger partial charge in [-0.25, -0.2) is 4.68 Å². The Kier molecular flexibility index (Phi) is 3.49. The van der Waals surface area contributed by atoms with Crippen molar-refractivity contribution >= 4 is 38.7 Å². The maximum atomic E-state index is 4.25. The van der Waals surface area contributed by atoms with E-state index in [4.69, 9.17) is 0 Å². The molecule has 0 aliphatic carbocycles. The van der Waals surface area contributed by atoms with Crippen molar-refractivity contribution in [3.8, 4) is 0 Å². The van der Waals surface area contributed by atoms with Crippen LogP contribution in [0.4, 0.5) is 0 Å². The Morgan fingerprint density at radius 3 is 2.42 bits per heavy atom. The lowest BCUT2D eigenvalue weighted by molar-refractivity contribution is 0.684. The normalized spacial score (nSPS) is 11.8. The zero-order valence-electron chi connectivity index (χ0n) is 14.2. The summed E-state index contributed by atoms with van der Waals surface area (Å²) in [5.41, 5.74) is 3.21. The Balaban J connectivity index is 1.57. The van der Waals surface area contributed by atoms with E-state index in [9.17, 15) is 0 Å². The molecule has 0 radical (unpaired) electrons. The first-order valence-corrected chi connectivity index (χ1v) is 8.75. The molecule has 1 aromatic heterocycles. The monoisotopic (exact) mass is 335 g/mol. The Bertz CT molecular complexity index is 1260. The van der Waals surface area contributed by atoms with Crippen molar-refractivity contribution in [1.29, 1.82) is 0 Å². The van der Waals surface area contributed by atoms with Gasteiger partial charge in [0, 0.05) is 0 Å². The van der Waals surface area contributed by atoms with Crippen LogP contribution in [0.1, 0.15) is 5.56 Å². The summed E-state index contributed by atoms with van der Waals surface area (Å²) in [5.74, 6) is 0. The van der Waals surface area contributed by atoms with Crippen LogP contribution < -0.4 is 0 Å². The van der Waals surface area contributed by atoms with Crippen LogP contribution in [0, 0.1) is 0 Å². The van der Waals surface area contributed by atoms with Gasteiger partial charge in [-0.15, -0.1) is 5.10 Å². The summed E-state index contributed by atoms with van der Waals surface area (Å²) in [6.45, 7) is 0.696. The molecule has 5 rings (SSSR count). The molecular weight excluding hydrogens is 318 g/mol. The van der Waals surface area contributed by atoms with E-state index in [1.807, 2.05) is 22.9 Å². The van der Waals surface area contributed by atoms with E-state index in [0.717, 1.165) is 11.0 Å². The summed E-state index contributed by atoms with van der Waals surface area (Å²) >= 11 is 0. The number of hydrogen-bond acceptors (Lipinski definition) is 2. The minimum atomic E-state index is 0.696. The van der Waals surface area contributed by atoms with Gasteiger partial charge in [-0.3, -0.25) is 0 Å².